The first-order valence-corrected chi connectivity index (χ1v) is 7.75. The molecule has 1 heterocycles. The monoisotopic (exact) mass is 286 g/mol. The highest BCUT2D eigenvalue weighted by Crippen LogP contribution is 2.33. The Balaban J connectivity index is 2.08. The van der Waals surface area contributed by atoms with E-state index in [0.29, 0.717) is 22.3 Å². The van der Waals surface area contributed by atoms with Gasteiger partial charge in [0.2, 0.25) is 5.95 Å². The van der Waals surface area contributed by atoms with Gasteiger partial charge >= 0.3 is 0 Å². The molecule has 0 amide bonds. The molecular formula is C12H19ClN4S. The summed E-state index contributed by atoms with van der Waals surface area (Å²) >= 11 is 8.15. The molecule has 0 radical (unpaired) electrons. The summed E-state index contributed by atoms with van der Waals surface area (Å²) in [4.78, 5) is 8.46. The van der Waals surface area contributed by atoms with E-state index in [1.807, 2.05) is 11.8 Å². The molecule has 2 unspecified atom stereocenters. The summed E-state index contributed by atoms with van der Waals surface area (Å²) in [6.45, 7) is 2.21. The van der Waals surface area contributed by atoms with Crippen LogP contribution in [0.15, 0.2) is 6.20 Å². The highest BCUT2D eigenvalue weighted by molar-refractivity contribution is 7.99. The van der Waals surface area contributed by atoms with E-state index >= 15 is 0 Å². The lowest BCUT2D eigenvalue weighted by molar-refractivity contribution is 0.762. The minimum Gasteiger partial charge on any atom is -0.365 e. The first-order chi connectivity index (χ1) is 8.74. The van der Waals surface area contributed by atoms with Crippen molar-refractivity contribution in [1.29, 1.82) is 0 Å². The zero-order valence-corrected chi connectivity index (χ0v) is 12.3. The van der Waals surface area contributed by atoms with Crippen LogP contribution in [0.4, 0.5) is 11.8 Å². The predicted octanol–water partition coefficient (Wildman–Crippen LogP) is 3.26. The Bertz CT molecular complexity index is 402. The second kappa shape index (κ2) is 6.48. The zero-order chi connectivity index (χ0) is 13.0. The second-order valence-corrected chi connectivity index (χ2v) is 6.24. The van der Waals surface area contributed by atoms with Crippen molar-refractivity contribution in [2.45, 2.75) is 37.5 Å². The van der Waals surface area contributed by atoms with E-state index in [9.17, 15) is 0 Å². The SMILES string of the molecule is CCSC1CCCC1Nc1nc(NC)ncc1Cl. The van der Waals surface area contributed by atoms with Crippen molar-refractivity contribution >= 4 is 35.1 Å². The molecule has 2 atom stereocenters. The van der Waals surface area contributed by atoms with Crippen LogP contribution >= 0.6 is 23.4 Å². The number of nitrogens with zero attached hydrogens (tertiary/aromatic N) is 2. The quantitative estimate of drug-likeness (QED) is 0.870. The molecule has 1 aliphatic carbocycles. The molecule has 0 bridgehead atoms. The third kappa shape index (κ3) is 3.20. The minimum atomic E-state index is 0.465. The molecular weight excluding hydrogens is 268 g/mol. The van der Waals surface area contributed by atoms with Crippen LogP contribution in [0.5, 0.6) is 0 Å². The largest absolute Gasteiger partial charge is 0.365 e. The summed E-state index contributed by atoms with van der Waals surface area (Å²) in [6, 6.07) is 0.465. The Kier molecular flexibility index (Phi) is 4.95. The lowest BCUT2D eigenvalue weighted by Crippen LogP contribution is -2.27. The van der Waals surface area contributed by atoms with Gasteiger partial charge in [0, 0.05) is 18.3 Å². The summed E-state index contributed by atoms with van der Waals surface area (Å²) in [5.41, 5.74) is 0. The number of nitrogens with one attached hydrogen (secondary N) is 2. The molecule has 1 fully saturated rings. The number of hydrogen-bond acceptors (Lipinski definition) is 5. The van der Waals surface area contributed by atoms with Gasteiger partial charge in [0.15, 0.2) is 5.82 Å². The van der Waals surface area contributed by atoms with E-state index in [2.05, 4.69) is 27.5 Å². The normalized spacial score (nSPS) is 23.1. The summed E-state index contributed by atoms with van der Waals surface area (Å²) in [5.74, 6) is 2.49. The fraction of sp³-hybridized carbons (Fsp3) is 0.667. The van der Waals surface area contributed by atoms with Crippen molar-refractivity contribution in [1.82, 2.24) is 9.97 Å². The van der Waals surface area contributed by atoms with Crippen LogP contribution in [0.3, 0.4) is 0 Å². The van der Waals surface area contributed by atoms with Crippen LogP contribution in [0.2, 0.25) is 5.02 Å². The average Bonchev–Trinajstić information content (AvgIpc) is 2.80. The molecule has 6 heteroatoms. The van der Waals surface area contributed by atoms with Crippen LogP contribution < -0.4 is 10.6 Å². The van der Waals surface area contributed by atoms with Gasteiger partial charge in [-0.3, -0.25) is 0 Å². The summed E-state index contributed by atoms with van der Waals surface area (Å²) in [7, 11) is 1.80. The Morgan fingerprint density at radius 3 is 3.06 bits per heavy atom. The lowest BCUT2D eigenvalue weighted by Gasteiger charge is -2.21. The van der Waals surface area contributed by atoms with Gasteiger partial charge in [0.05, 0.1) is 6.20 Å². The number of rotatable bonds is 5. The van der Waals surface area contributed by atoms with Crippen LogP contribution in [-0.2, 0) is 0 Å². The summed E-state index contributed by atoms with van der Waals surface area (Å²) in [6.07, 6.45) is 5.38. The van der Waals surface area contributed by atoms with Gasteiger partial charge in [0.1, 0.15) is 5.02 Å². The molecule has 1 aromatic heterocycles. The smallest absolute Gasteiger partial charge is 0.224 e. The molecule has 100 valence electrons. The predicted molar refractivity (Wildman–Crippen MR) is 79.8 cm³/mol. The first kappa shape index (κ1) is 13.7. The second-order valence-electron chi connectivity index (χ2n) is 4.32. The Morgan fingerprint density at radius 1 is 1.50 bits per heavy atom. The third-order valence-corrected chi connectivity index (χ3v) is 4.73. The molecule has 18 heavy (non-hydrogen) atoms. The fourth-order valence-electron chi connectivity index (χ4n) is 2.27. The highest BCUT2D eigenvalue weighted by atomic mass is 35.5. The number of thioether (sulfide) groups is 1. The number of hydrogen-bond donors (Lipinski definition) is 2. The van der Waals surface area contributed by atoms with Gasteiger partial charge in [-0.1, -0.05) is 24.9 Å². The van der Waals surface area contributed by atoms with E-state index in [1.54, 1.807) is 13.2 Å². The Morgan fingerprint density at radius 2 is 2.33 bits per heavy atom. The van der Waals surface area contributed by atoms with E-state index in [1.165, 1.54) is 19.3 Å². The minimum absolute atomic E-state index is 0.465. The fourth-order valence-corrected chi connectivity index (χ4v) is 3.61. The maximum Gasteiger partial charge on any atom is 0.224 e. The maximum atomic E-state index is 6.13. The molecule has 1 aromatic rings. The standard InChI is InChI=1S/C12H19ClN4S/c1-3-18-10-6-4-5-9(10)16-11-8(13)7-15-12(14-2)17-11/h7,9-10H,3-6H2,1-2H3,(H2,14,15,16,17). The molecule has 0 spiro atoms. The maximum absolute atomic E-state index is 6.13. The van der Waals surface area contributed by atoms with Gasteiger partial charge in [-0.25, -0.2) is 4.98 Å². The topological polar surface area (TPSA) is 49.8 Å². The van der Waals surface area contributed by atoms with Crippen molar-refractivity contribution in [3.63, 3.8) is 0 Å². The van der Waals surface area contributed by atoms with E-state index < -0.39 is 0 Å². The Labute approximate surface area is 117 Å². The molecule has 0 aromatic carbocycles. The lowest BCUT2D eigenvalue weighted by atomic mass is 10.2. The van der Waals surface area contributed by atoms with Crippen molar-refractivity contribution < 1.29 is 0 Å². The zero-order valence-electron chi connectivity index (χ0n) is 10.7. The van der Waals surface area contributed by atoms with E-state index in [-0.39, 0.29) is 0 Å². The van der Waals surface area contributed by atoms with Gasteiger partial charge in [0.25, 0.3) is 0 Å². The molecule has 1 saturated carbocycles. The Hall–Kier alpha value is -0.680. The first-order valence-electron chi connectivity index (χ1n) is 6.33. The molecule has 0 aliphatic heterocycles. The number of aromatic nitrogens is 2. The molecule has 2 rings (SSSR count). The van der Waals surface area contributed by atoms with Crippen LogP contribution in [0.1, 0.15) is 26.2 Å². The number of halogens is 1. The molecule has 0 saturated heterocycles. The van der Waals surface area contributed by atoms with Crippen LogP contribution in [-0.4, -0.2) is 34.1 Å². The van der Waals surface area contributed by atoms with Gasteiger partial charge in [-0.05, 0) is 18.6 Å². The molecule has 4 nitrogen and oxygen atoms in total. The van der Waals surface area contributed by atoms with Gasteiger partial charge in [-0.2, -0.15) is 16.7 Å². The van der Waals surface area contributed by atoms with Crippen LogP contribution in [0, 0.1) is 0 Å². The van der Waals surface area contributed by atoms with Gasteiger partial charge < -0.3 is 10.6 Å². The molecule has 2 N–H and O–H groups in total. The van der Waals surface area contributed by atoms with Gasteiger partial charge in [-0.15, -0.1) is 0 Å². The van der Waals surface area contributed by atoms with Crippen molar-refractivity contribution in [2.24, 2.45) is 0 Å². The third-order valence-electron chi connectivity index (χ3n) is 3.12. The van der Waals surface area contributed by atoms with Crippen molar-refractivity contribution in [3.8, 4) is 0 Å². The molecule has 1 aliphatic rings. The highest BCUT2D eigenvalue weighted by Gasteiger charge is 2.27. The summed E-state index contributed by atoms with van der Waals surface area (Å²) < 4.78 is 0. The summed E-state index contributed by atoms with van der Waals surface area (Å²) in [5, 5.41) is 7.65. The van der Waals surface area contributed by atoms with Crippen molar-refractivity contribution in [3.05, 3.63) is 11.2 Å². The van der Waals surface area contributed by atoms with Crippen molar-refractivity contribution in [2.75, 3.05) is 23.4 Å². The van der Waals surface area contributed by atoms with E-state index in [4.69, 9.17) is 11.6 Å². The van der Waals surface area contributed by atoms with E-state index in [0.717, 1.165) is 11.6 Å². The number of anilines is 2. The van der Waals surface area contributed by atoms with Crippen LogP contribution in [0.25, 0.3) is 0 Å². The average molecular weight is 287 g/mol.